The van der Waals surface area contributed by atoms with Crippen LogP contribution < -0.4 is 5.32 Å². The van der Waals surface area contributed by atoms with Gasteiger partial charge < -0.3 is 5.32 Å². The minimum atomic E-state index is -0.639. The fourth-order valence-electron chi connectivity index (χ4n) is 0.795. The molecule has 1 heterocycles. The van der Waals surface area contributed by atoms with Gasteiger partial charge in [-0.15, -0.1) is 0 Å². The normalized spacial score (nSPS) is 11.8. The molecule has 5 nitrogen and oxygen atoms in total. The van der Waals surface area contributed by atoms with Crippen LogP contribution in [-0.2, 0) is 11.8 Å². The minimum Gasteiger partial charge on any atom is -0.322 e. The molecular weight excluding hydrogens is 168 g/mol. The second-order valence-electron chi connectivity index (χ2n) is 2.74. The Hall–Kier alpha value is -1.83. The van der Waals surface area contributed by atoms with Gasteiger partial charge >= 0.3 is 0 Å². The van der Waals surface area contributed by atoms with E-state index in [9.17, 15) is 4.79 Å². The van der Waals surface area contributed by atoms with E-state index in [1.54, 1.807) is 24.9 Å². The highest BCUT2D eigenvalue weighted by molar-refractivity contribution is 5.93. The average molecular weight is 178 g/mol. The first kappa shape index (κ1) is 9.26. The lowest BCUT2D eigenvalue weighted by molar-refractivity contribution is -0.117. The highest BCUT2D eigenvalue weighted by Crippen LogP contribution is 2.05. The van der Waals surface area contributed by atoms with Gasteiger partial charge in [-0.05, 0) is 6.92 Å². The Bertz CT molecular complexity index is 349. The van der Waals surface area contributed by atoms with Crippen molar-refractivity contribution in [2.45, 2.75) is 6.92 Å². The van der Waals surface area contributed by atoms with Gasteiger partial charge in [0.1, 0.15) is 5.92 Å². The largest absolute Gasteiger partial charge is 0.322 e. The van der Waals surface area contributed by atoms with Crippen molar-refractivity contribution in [2.24, 2.45) is 13.0 Å². The van der Waals surface area contributed by atoms with Crippen molar-refractivity contribution in [2.75, 3.05) is 5.32 Å². The molecule has 0 radical (unpaired) electrons. The van der Waals surface area contributed by atoms with Crippen molar-refractivity contribution >= 4 is 11.6 Å². The lowest BCUT2D eigenvalue weighted by Crippen LogP contribution is -2.18. The summed E-state index contributed by atoms with van der Waals surface area (Å²) in [4.78, 5) is 11.2. The molecule has 0 bridgehead atoms. The molecule has 0 saturated carbocycles. The maximum absolute atomic E-state index is 11.2. The first-order chi connectivity index (χ1) is 6.13. The Morgan fingerprint density at radius 3 is 3.00 bits per heavy atom. The third-order valence-electron chi connectivity index (χ3n) is 1.56. The number of rotatable bonds is 2. The van der Waals surface area contributed by atoms with E-state index in [4.69, 9.17) is 5.26 Å². The summed E-state index contributed by atoms with van der Waals surface area (Å²) in [5.41, 5.74) is 0.606. The van der Waals surface area contributed by atoms with Gasteiger partial charge in [-0.25, -0.2) is 0 Å². The smallest absolute Gasteiger partial charge is 0.241 e. The SMILES string of the molecule is CC(C#N)C(=O)Nc1cnn(C)c1. The van der Waals surface area contributed by atoms with Crippen LogP contribution in [0.25, 0.3) is 0 Å². The molecule has 13 heavy (non-hydrogen) atoms. The molecule has 5 heteroatoms. The molecule has 1 rings (SSSR count). The zero-order chi connectivity index (χ0) is 9.84. The maximum Gasteiger partial charge on any atom is 0.241 e. The van der Waals surface area contributed by atoms with Crippen LogP contribution in [0.1, 0.15) is 6.92 Å². The summed E-state index contributed by atoms with van der Waals surface area (Å²) in [6.45, 7) is 1.55. The van der Waals surface area contributed by atoms with E-state index in [2.05, 4.69) is 10.4 Å². The van der Waals surface area contributed by atoms with E-state index < -0.39 is 5.92 Å². The third-order valence-corrected chi connectivity index (χ3v) is 1.56. The molecule has 0 aliphatic carbocycles. The number of carbonyl (C=O) groups is 1. The molecule has 0 aliphatic rings. The Morgan fingerprint density at radius 2 is 2.54 bits per heavy atom. The Labute approximate surface area is 76.0 Å². The summed E-state index contributed by atoms with van der Waals surface area (Å²) >= 11 is 0. The second-order valence-corrected chi connectivity index (χ2v) is 2.74. The minimum absolute atomic E-state index is 0.310. The van der Waals surface area contributed by atoms with Crippen LogP contribution in [0.4, 0.5) is 5.69 Å². The van der Waals surface area contributed by atoms with E-state index in [1.807, 2.05) is 6.07 Å². The van der Waals surface area contributed by atoms with Crippen LogP contribution in [0.5, 0.6) is 0 Å². The monoisotopic (exact) mass is 178 g/mol. The molecule has 0 spiro atoms. The van der Waals surface area contributed by atoms with Crippen molar-refractivity contribution in [1.82, 2.24) is 9.78 Å². The number of amides is 1. The van der Waals surface area contributed by atoms with Gasteiger partial charge in [0.25, 0.3) is 0 Å². The highest BCUT2D eigenvalue weighted by atomic mass is 16.1. The molecule has 1 atom stereocenters. The Balaban J connectivity index is 2.61. The van der Waals surface area contributed by atoms with Crippen molar-refractivity contribution in [3.63, 3.8) is 0 Å². The number of nitrogens with zero attached hydrogens (tertiary/aromatic N) is 3. The summed E-state index contributed by atoms with van der Waals surface area (Å²) in [6.07, 6.45) is 3.20. The first-order valence-corrected chi connectivity index (χ1v) is 3.82. The average Bonchev–Trinajstić information content (AvgIpc) is 2.49. The zero-order valence-corrected chi connectivity index (χ0v) is 7.48. The van der Waals surface area contributed by atoms with Gasteiger partial charge in [-0.1, -0.05) is 0 Å². The van der Waals surface area contributed by atoms with Gasteiger partial charge in [0.05, 0.1) is 18.0 Å². The van der Waals surface area contributed by atoms with Crippen LogP contribution in [0.15, 0.2) is 12.4 Å². The summed E-state index contributed by atoms with van der Waals surface area (Å²) in [5, 5.41) is 14.9. The standard InChI is InChI=1S/C8H10N4O/c1-6(3-9)8(13)11-7-4-10-12(2)5-7/h4-6H,1-2H3,(H,11,13). The highest BCUT2D eigenvalue weighted by Gasteiger charge is 2.11. The van der Waals surface area contributed by atoms with Gasteiger partial charge in [-0.3, -0.25) is 9.48 Å². The molecule has 0 aliphatic heterocycles. The van der Waals surface area contributed by atoms with E-state index in [1.165, 1.54) is 6.20 Å². The lowest BCUT2D eigenvalue weighted by atomic mass is 10.2. The van der Waals surface area contributed by atoms with Gasteiger partial charge in [-0.2, -0.15) is 10.4 Å². The first-order valence-electron chi connectivity index (χ1n) is 3.82. The number of aromatic nitrogens is 2. The van der Waals surface area contributed by atoms with E-state index in [-0.39, 0.29) is 5.91 Å². The van der Waals surface area contributed by atoms with Crippen LogP contribution >= 0.6 is 0 Å². The molecule has 0 aromatic carbocycles. The van der Waals surface area contributed by atoms with Crippen LogP contribution in [0.2, 0.25) is 0 Å². The lowest BCUT2D eigenvalue weighted by Gasteiger charge is -2.01. The molecule has 1 N–H and O–H groups in total. The molecule has 1 aromatic heterocycles. The predicted octanol–water partition coefficient (Wildman–Crippen LogP) is 0.518. The number of nitrogens with one attached hydrogen (secondary N) is 1. The van der Waals surface area contributed by atoms with E-state index in [0.29, 0.717) is 5.69 Å². The summed E-state index contributed by atoms with van der Waals surface area (Å²) in [6, 6.07) is 1.85. The number of nitriles is 1. The van der Waals surface area contributed by atoms with Crippen molar-refractivity contribution < 1.29 is 4.79 Å². The van der Waals surface area contributed by atoms with Gasteiger partial charge in [0, 0.05) is 13.2 Å². The summed E-state index contributed by atoms with van der Waals surface area (Å²) < 4.78 is 1.58. The fraction of sp³-hybridized carbons (Fsp3) is 0.375. The maximum atomic E-state index is 11.2. The summed E-state index contributed by atoms with van der Waals surface area (Å²) in [7, 11) is 1.75. The number of aryl methyl sites for hydroxylation is 1. The van der Waals surface area contributed by atoms with Crippen LogP contribution in [0, 0.1) is 17.2 Å². The molecule has 0 fully saturated rings. The molecule has 1 aromatic rings. The molecule has 1 unspecified atom stereocenters. The van der Waals surface area contributed by atoms with Crippen molar-refractivity contribution in [1.29, 1.82) is 5.26 Å². The predicted molar refractivity (Wildman–Crippen MR) is 46.6 cm³/mol. The number of hydrogen-bond donors (Lipinski definition) is 1. The molecule has 0 saturated heterocycles. The number of anilines is 1. The van der Waals surface area contributed by atoms with Gasteiger partial charge in [0.2, 0.25) is 5.91 Å². The van der Waals surface area contributed by atoms with Gasteiger partial charge in [0.15, 0.2) is 0 Å². The number of carbonyl (C=O) groups excluding carboxylic acids is 1. The second kappa shape index (κ2) is 3.72. The fourth-order valence-corrected chi connectivity index (χ4v) is 0.795. The molecule has 68 valence electrons. The van der Waals surface area contributed by atoms with E-state index >= 15 is 0 Å². The molecule has 1 amide bonds. The quantitative estimate of drug-likeness (QED) is 0.717. The Kier molecular flexibility index (Phi) is 2.65. The van der Waals surface area contributed by atoms with Crippen LogP contribution in [-0.4, -0.2) is 15.7 Å². The third kappa shape index (κ3) is 2.30. The Morgan fingerprint density at radius 1 is 1.85 bits per heavy atom. The topological polar surface area (TPSA) is 70.7 Å². The number of hydrogen-bond acceptors (Lipinski definition) is 3. The zero-order valence-electron chi connectivity index (χ0n) is 7.48. The van der Waals surface area contributed by atoms with Crippen LogP contribution in [0.3, 0.4) is 0 Å². The summed E-state index contributed by atoms with van der Waals surface area (Å²) in [5.74, 6) is -0.948. The van der Waals surface area contributed by atoms with Crippen molar-refractivity contribution in [3.05, 3.63) is 12.4 Å². The van der Waals surface area contributed by atoms with E-state index in [0.717, 1.165) is 0 Å². The van der Waals surface area contributed by atoms with Crippen molar-refractivity contribution in [3.8, 4) is 6.07 Å². The molecular formula is C8H10N4O.